The van der Waals surface area contributed by atoms with Crippen LogP contribution in [-0.4, -0.2) is 22.4 Å². The zero-order valence-electron chi connectivity index (χ0n) is 12.6. The SMILES string of the molecule is CC1CCC(C)C(O)C1.CC1CCC(C)C(O)C1. The third kappa shape index (κ3) is 5.27. The second-order valence-corrected chi connectivity index (χ2v) is 6.93. The maximum atomic E-state index is 9.35. The van der Waals surface area contributed by atoms with Crippen LogP contribution in [-0.2, 0) is 0 Å². The Kier molecular flexibility index (Phi) is 6.65. The van der Waals surface area contributed by atoms with Gasteiger partial charge in [-0.1, -0.05) is 40.5 Å². The van der Waals surface area contributed by atoms with Gasteiger partial charge in [0.2, 0.25) is 0 Å². The first kappa shape index (κ1) is 16.0. The first-order valence-electron chi connectivity index (χ1n) is 7.76. The molecule has 6 unspecified atom stereocenters. The standard InChI is InChI=1S/2C8H16O/c2*1-6-3-4-7(2)8(9)5-6/h2*6-9H,3-5H2,1-2H3. The van der Waals surface area contributed by atoms with Gasteiger partial charge in [0, 0.05) is 0 Å². The molecule has 0 amide bonds. The van der Waals surface area contributed by atoms with Gasteiger partial charge in [0.25, 0.3) is 0 Å². The molecule has 0 aliphatic heterocycles. The summed E-state index contributed by atoms with van der Waals surface area (Å²) in [6, 6.07) is 0. The Balaban J connectivity index is 0.000000180. The summed E-state index contributed by atoms with van der Waals surface area (Å²) in [6.07, 6.45) is 7.02. The highest BCUT2D eigenvalue weighted by Gasteiger charge is 2.23. The molecular weight excluding hydrogens is 224 g/mol. The van der Waals surface area contributed by atoms with Gasteiger partial charge < -0.3 is 10.2 Å². The van der Waals surface area contributed by atoms with Gasteiger partial charge in [0.05, 0.1) is 12.2 Å². The van der Waals surface area contributed by atoms with Crippen molar-refractivity contribution in [3.8, 4) is 0 Å². The van der Waals surface area contributed by atoms with Crippen molar-refractivity contribution in [1.82, 2.24) is 0 Å². The normalized spacial score (nSPS) is 45.0. The molecule has 6 atom stereocenters. The van der Waals surface area contributed by atoms with E-state index < -0.39 is 0 Å². The van der Waals surface area contributed by atoms with Crippen LogP contribution in [0.15, 0.2) is 0 Å². The molecular formula is C16H32O2. The smallest absolute Gasteiger partial charge is 0.0568 e. The van der Waals surface area contributed by atoms with Crippen LogP contribution in [0.3, 0.4) is 0 Å². The zero-order valence-corrected chi connectivity index (χ0v) is 12.6. The summed E-state index contributed by atoms with van der Waals surface area (Å²) in [5.74, 6) is 2.58. The number of aliphatic hydroxyl groups excluding tert-OH is 2. The Morgan fingerprint density at radius 3 is 1.17 bits per heavy atom. The van der Waals surface area contributed by atoms with E-state index in [0.29, 0.717) is 11.8 Å². The topological polar surface area (TPSA) is 40.5 Å². The summed E-state index contributed by atoms with van der Waals surface area (Å²) in [7, 11) is 0. The monoisotopic (exact) mass is 256 g/mol. The second-order valence-electron chi connectivity index (χ2n) is 6.93. The van der Waals surface area contributed by atoms with Gasteiger partial charge in [-0.2, -0.15) is 0 Å². The van der Waals surface area contributed by atoms with Crippen LogP contribution in [0.4, 0.5) is 0 Å². The van der Waals surface area contributed by atoms with Gasteiger partial charge in [-0.05, 0) is 49.4 Å². The molecule has 2 heteroatoms. The Hall–Kier alpha value is -0.0800. The third-order valence-electron chi connectivity index (χ3n) is 4.83. The third-order valence-corrected chi connectivity index (χ3v) is 4.83. The maximum absolute atomic E-state index is 9.35. The van der Waals surface area contributed by atoms with E-state index in [1.165, 1.54) is 25.7 Å². The number of rotatable bonds is 0. The predicted octanol–water partition coefficient (Wildman–Crippen LogP) is 3.61. The first-order valence-corrected chi connectivity index (χ1v) is 7.76. The zero-order chi connectivity index (χ0) is 13.7. The number of aliphatic hydroxyl groups is 2. The van der Waals surface area contributed by atoms with E-state index >= 15 is 0 Å². The Labute approximate surface area is 113 Å². The molecule has 2 fully saturated rings. The van der Waals surface area contributed by atoms with E-state index in [-0.39, 0.29) is 12.2 Å². The van der Waals surface area contributed by atoms with Crippen LogP contribution in [0.5, 0.6) is 0 Å². The van der Waals surface area contributed by atoms with Gasteiger partial charge in [0.15, 0.2) is 0 Å². The maximum Gasteiger partial charge on any atom is 0.0568 e. The summed E-state index contributed by atoms with van der Waals surface area (Å²) in [5.41, 5.74) is 0. The molecule has 2 saturated carbocycles. The first-order chi connectivity index (χ1) is 8.40. The Morgan fingerprint density at radius 1 is 0.611 bits per heavy atom. The molecule has 2 nitrogen and oxygen atoms in total. The summed E-state index contributed by atoms with van der Waals surface area (Å²) in [6.45, 7) is 8.71. The lowest BCUT2D eigenvalue weighted by Gasteiger charge is -2.28. The van der Waals surface area contributed by atoms with E-state index in [2.05, 4.69) is 27.7 Å². The van der Waals surface area contributed by atoms with Crippen LogP contribution in [0.1, 0.15) is 66.2 Å². The van der Waals surface area contributed by atoms with Crippen LogP contribution >= 0.6 is 0 Å². The molecule has 0 radical (unpaired) electrons. The lowest BCUT2D eigenvalue weighted by atomic mass is 9.82. The van der Waals surface area contributed by atoms with Crippen LogP contribution in [0.2, 0.25) is 0 Å². The minimum absolute atomic E-state index is 0.0197. The molecule has 2 rings (SSSR count). The molecule has 0 spiro atoms. The molecule has 0 aromatic rings. The fraction of sp³-hybridized carbons (Fsp3) is 1.00. The molecule has 0 aromatic heterocycles. The number of hydrogen-bond acceptors (Lipinski definition) is 2. The number of hydrogen-bond donors (Lipinski definition) is 2. The highest BCUT2D eigenvalue weighted by Crippen LogP contribution is 2.28. The van der Waals surface area contributed by atoms with Crippen molar-refractivity contribution in [3.63, 3.8) is 0 Å². The molecule has 2 aliphatic rings. The predicted molar refractivity (Wildman–Crippen MR) is 76.4 cm³/mol. The lowest BCUT2D eigenvalue weighted by Crippen LogP contribution is -2.25. The second kappa shape index (κ2) is 7.49. The molecule has 0 bridgehead atoms. The molecule has 2 aliphatic carbocycles. The van der Waals surface area contributed by atoms with Crippen LogP contribution in [0, 0.1) is 23.7 Å². The van der Waals surface area contributed by atoms with Gasteiger partial charge in [0.1, 0.15) is 0 Å². The largest absolute Gasteiger partial charge is 0.393 e. The highest BCUT2D eigenvalue weighted by molar-refractivity contribution is 4.75. The minimum atomic E-state index is -0.0197. The van der Waals surface area contributed by atoms with Crippen molar-refractivity contribution in [2.75, 3.05) is 0 Å². The van der Waals surface area contributed by atoms with E-state index in [4.69, 9.17) is 0 Å². The Bertz CT molecular complexity index is 205. The Morgan fingerprint density at radius 2 is 0.944 bits per heavy atom. The molecule has 0 heterocycles. The lowest BCUT2D eigenvalue weighted by molar-refractivity contribution is 0.0575. The van der Waals surface area contributed by atoms with Crippen LogP contribution in [0.25, 0.3) is 0 Å². The molecule has 0 saturated heterocycles. The van der Waals surface area contributed by atoms with Crippen molar-refractivity contribution in [2.45, 2.75) is 78.4 Å². The van der Waals surface area contributed by atoms with Crippen LogP contribution < -0.4 is 0 Å². The van der Waals surface area contributed by atoms with Gasteiger partial charge in [-0.3, -0.25) is 0 Å². The average Bonchev–Trinajstić information content (AvgIpc) is 2.30. The van der Waals surface area contributed by atoms with Crippen molar-refractivity contribution in [2.24, 2.45) is 23.7 Å². The molecule has 0 aromatic carbocycles. The summed E-state index contributed by atoms with van der Waals surface area (Å²) >= 11 is 0. The van der Waals surface area contributed by atoms with Crippen molar-refractivity contribution >= 4 is 0 Å². The van der Waals surface area contributed by atoms with E-state index in [0.717, 1.165) is 24.7 Å². The van der Waals surface area contributed by atoms with Gasteiger partial charge >= 0.3 is 0 Å². The fourth-order valence-electron chi connectivity index (χ4n) is 3.00. The van der Waals surface area contributed by atoms with E-state index in [9.17, 15) is 10.2 Å². The fourth-order valence-corrected chi connectivity index (χ4v) is 3.00. The van der Waals surface area contributed by atoms with Crippen molar-refractivity contribution in [3.05, 3.63) is 0 Å². The van der Waals surface area contributed by atoms with Crippen molar-refractivity contribution < 1.29 is 10.2 Å². The van der Waals surface area contributed by atoms with Gasteiger partial charge in [-0.25, -0.2) is 0 Å². The molecule has 108 valence electrons. The summed E-state index contributed by atoms with van der Waals surface area (Å²) in [4.78, 5) is 0. The highest BCUT2D eigenvalue weighted by atomic mass is 16.3. The summed E-state index contributed by atoms with van der Waals surface area (Å²) < 4.78 is 0. The van der Waals surface area contributed by atoms with E-state index in [1.54, 1.807) is 0 Å². The molecule has 2 N–H and O–H groups in total. The van der Waals surface area contributed by atoms with Crippen molar-refractivity contribution in [1.29, 1.82) is 0 Å². The quantitative estimate of drug-likeness (QED) is 0.695. The van der Waals surface area contributed by atoms with Gasteiger partial charge in [-0.15, -0.1) is 0 Å². The minimum Gasteiger partial charge on any atom is -0.393 e. The average molecular weight is 256 g/mol. The molecule has 18 heavy (non-hydrogen) atoms. The summed E-state index contributed by atoms with van der Waals surface area (Å²) in [5, 5.41) is 18.7. The van der Waals surface area contributed by atoms with E-state index in [1.807, 2.05) is 0 Å².